The van der Waals surface area contributed by atoms with Crippen molar-refractivity contribution < 1.29 is 25.2 Å². The molecule has 15 heavy (non-hydrogen) atoms. The maximum absolute atomic E-state index is 9.74. The average Bonchev–Trinajstić information content (AvgIpc) is 2.42. The Balaban J connectivity index is 2.76. The molecule has 5 heteroatoms. The zero-order valence-electron chi connectivity index (χ0n) is 9.29. The molecule has 4 N–H and O–H groups in total. The van der Waals surface area contributed by atoms with E-state index in [-0.39, 0.29) is 5.41 Å². The van der Waals surface area contributed by atoms with E-state index in [0.29, 0.717) is 0 Å². The van der Waals surface area contributed by atoms with Crippen LogP contribution >= 0.6 is 0 Å². The third-order valence-electron chi connectivity index (χ3n) is 2.72. The largest absolute Gasteiger partial charge is 0.394 e. The second-order valence-corrected chi connectivity index (χ2v) is 5.12. The number of aliphatic hydroxyl groups is 4. The molecule has 0 radical (unpaired) electrons. The van der Waals surface area contributed by atoms with Gasteiger partial charge in [-0.2, -0.15) is 0 Å². The van der Waals surface area contributed by atoms with Crippen molar-refractivity contribution in [3.05, 3.63) is 0 Å². The predicted octanol–water partition coefficient (Wildman–Crippen LogP) is -1.13. The predicted molar refractivity (Wildman–Crippen MR) is 53.2 cm³/mol. The van der Waals surface area contributed by atoms with Gasteiger partial charge in [-0.1, -0.05) is 20.8 Å². The number of hydrogen-bond acceptors (Lipinski definition) is 5. The minimum Gasteiger partial charge on any atom is -0.394 e. The molecule has 90 valence electrons. The van der Waals surface area contributed by atoms with E-state index in [2.05, 4.69) is 0 Å². The molecule has 0 aromatic rings. The Hall–Kier alpha value is -0.200. The molecule has 1 aliphatic rings. The molecular formula is C10H20O5. The van der Waals surface area contributed by atoms with Crippen LogP contribution in [0, 0.1) is 5.41 Å². The van der Waals surface area contributed by atoms with Gasteiger partial charge in [-0.05, 0) is 5.41 Å². The molecule has 5 nitrogen and oxygen atoms in total. The molecule has 0 saturated carbocycles. The van der Waals surface area contributed by atoms with Crippen molar-refractivity contribution in [2.45, 2.75) is 51.3 Å². The highest BCUT2D eigenvalue weighted by Crippen LogP contribution is 2.34. The van der Waals surface area contributed by atoms with Gasteiger partial charge in [0.25, 0.3) is 0 Å². The highest BCUT2D eigenvalue weighted by Gasteiger charge is 2.49. The molecule has 0 aromatic carbocycles. The van der Waals surface area contributed by atoms with Gasteiger partial charge in [-0.3, -0.25) is 0 Å². The van der Waals surface area contributed by atoms with Crippen LogP contribution in [0.25, 0.3) is 0 Å². The van der Waals surface area contributed by atoms with E-state index in [0.717, 1.165) is 0 Å². The summed E-state index contributed by atoms with van der Waals surface area (Å²) in [7, 11) is 0. The molecule has 0 aliphatic carbocycles. The summed E-state index contributed by atoms with van der Waals surface area (Å²) in [5.74, 6) is 0. The smallest absolute Gasteiger partial charge is 0.115 e. The van der Waals surface area contributed by atoms with Gasteiger partial charge in [0.1, 0.15) is 24.4 Å². The van der Waals surface area contributed by atoms with Crippen LogP contribution < -0.4 is 0 Å². The Morgan fingerprint density at radius 3 is 2.07 bits per heavy atom. The summed E-state index contributed by atoms with van der Waals surface area (Å²) >= 11 is 0. The zero-order valence-corrected chi connectivity index (χ0v) is 9.29. The second-order valence-electron chi connectivity index (χ2n) is 5.12. The standard InChI is InChI=1S/C10H20O5/c1-10(2,3)9-7(14)6(13)8(15-9)5(12)4-11/h5-9,11-14H,4H2,1-3H3/t5-,6-,7-,8-,9-/m1/s1. The topological polar surface area (TPSA) is 90.2 Å². The highest BCUT2D eigenvalue weighted by molar-refractivity contribution is 4.98. The van der Waals surface area contributed by atoms with E-state index < -0.39 is 37.1 Å². The lowest BCUT2D eigenvalue weighted by Crippen LogP contribution is -2.41. The van der Waals surface area contributed by atoms with Crippen LogP contribution in [0.1, 0.15) is 20.8 Å². The van der Waals surface area contributed by atoms with Gasteiger partial charge in [0.15, 0.2) is 0 Å². The molecular weight excluding hydrogens is 200 g/mol. The Morgan fingerprint density at radius 1 is 1.20 bits per heavy atom. The quantitative estimate of drug-likeness (QED) is 0.473. The summed E-state index contributed by atoms with van der Waals surface area (Å²) < 4.78 is 5.39. The number of hydrogen-bond donors (Lipinski definition) is 4. The van der Waals surface area contributed by atoms with Gasteiger partial charge < -0.3 is 25.2 Å². The lowest BCUT2D eigenvalue weighted by Gasteiger charge is -2.29. The third kappa shape index (κ3) is 2.49. The summed E-state index contributed by atoms with van der Waals surface area (Å²) in [5, 5.41) is 37.5. The van der Waals surface area contributed by atoms with Crippen LogP contribution in [0.15, 0.2) is 0 Å². The third-order valence-corrected chi connectivity index (χ3v) is 2.72. The second kappa shape index (κ2) is 4.35. The fraction of sp³-hybridized carbons (Fsp3) is 1.00. The van der Waals surface area contributed by atoms with Gasteiger partial charge >= 0.3 is 0 Å². The monoisotopic (exact) mass is 220 g/mol. The Bertz CT molecular complexity index is 212. The summed E-state index contributed by atoms with van der Waals surface area (Å²) in [5.41, 5.74) is -0.329. The van der Waals surface area contributed by atoms with Crippen LogP contribution in [0.3, 0.4) is 0 Å². The van der Waals surface area contributed by atoms with E-state index in [9.17, 15) is 15.3 Å². The molecule has 0 unspecified atom stereocenters. The number of aliphatic hydroxyl groups excluding tert-OH is 4. The van der Waals surface area contributed by atoms with Gasteiger partial charge in [0, 0.05) is 0 Å². The number of rotatable bonds is 2. The molecule has 1 aliphatic heterocycles. The van der Waals surface area contributed by atoms with Crippen molar-refractivity contribution in [3.8, 4) is 0 Å². The molecule has 0 spiro atoms. The van der Waals surface area contributed by atoms with Crippen molar-refractivity contribution in [3.63, 3.8) is 0 Å². The van der Waals surface area contributed by atoms with Crippen LogP contribution in [0.4, 0.5) is 0 Å². The van der Waals surface area contributed by atoms with Gasteiger partial charge in [-0.15, -0.1) is 0 Å². The molecule has 0 aromatic heterocycles. The SMILES string of the molecule is CC(C)(C)[C@@H]1O[C@H]([C@H](O)CO)[C@H](O)[C@H]1O. The fourth-order valence-corrected chi connectivity index (χ4v) is 1.84. The molecule has 5 atom stereocenters. The van der Waals surface area contributed by atoms with Gasteiger partial charge in [-0.25, -0.2) is 0 Å². The first kappa shape index (κ1) is 12.9. The van der Waals surface area contributed by atoms with E-state index >= 15 is 0 Å². The van der Waals surface area contributed by atoms with E-state index in [4.69, 9.17) is 9.84 Å². The molecule has 0 bridgehead atoms. The Labute approximate surface area is 89.3 Å². The minimum atomic E-state index is -1.16. The molecule has 1 heterocycles. The molecule has 1 rings (SSSR count). The number of ether oxygens (including phenoxy) is 1. The highest BCUT2D eigenvalue weighted by atomic mass is 16.6. The fourth-order valence-electron chi connectivity index (χ4n) is 1.84. The maximum Gasteiger partial charge on any atom is 0.115 e. The van der Waals surface area contributed by atoms with E-state index in [1.54, 1.807) is 0 Å². The van der Waals surface area contributed by atoms with Crippen molar-refractivity contribution >= 4 is 0 Å². The molecule has 0 amide bonds. The summed E-state index contributed by atoms with van der Waals surface area (Å²) in [6, 6.07) is 0. The van der Waals surface area contributed by atoms with Crippen molar-refractivity contribution in [2.75, 3.05) is 6.61 Å². The van der Waals surface area contributed by atoms with Crippen molar-refractivity contribution in [2.24, 2.45) is 5.41 Å². The maximum atomic E-state index is 9.74. The van der Waals surface area contributed by atoms with Gasteiger partial charge in [0.2, 0.25) is 0 Å². The Morgan fingerprint density at radius 2 is 1.73 bits per heavy atom. The van der Waals surface area contributed by atoms with Crippen LogP contribution in [0.2, 0.25) is 0 Å². The first-order valence-corrected chi connectivity index (χ1v) is 5.09. The van der Waals surface area contributed by atoms with Crippen LogP contribution in [0.5, 0.6) is 0 Å². The summed E-state index contributed by atoms with van der Waals surface area (Å²) in [6.45, 7) is 5.13. The van der Waals surface area contributed by atoms with Crippen molar-refractivity contribution in [1.29, 1.82) is 0 Å². The van der Waals surface area contributed by atoms with E-state index in [1.165, 1.54) is 0 Å². The van der Waals surface area contributed by atoms with E-state index in [1.807, 2.05) is 20.8 Å². The van der Waals surface area contributed by atoms with Crippen LogP contribution in [-0.2, 0) is 4.74 Å². The Kier molecular flexibility index (Phi) is 3.73. The lowest BCUT2D eigenvalue weighted by molar-refractivity contribution is -0.101. The summed E-state index contributed by atoms with van der Waals surface area (Å²) in [6.07, 6.45) is -4.82. The van der Waals surface area contributed by atoms with Crippen molar-refractivity contribution in [1.82, 2.24) is 0 Å². The molecule has 1 saturated heterocycles. The normalized spacial score (nSPS) is 39.4. The first-order valence-electron chi connectivity index (χ1n) is 5.09. The van der Waals surface area contributed by atoms with Gasteiger partial charge in [0.05, 0.1) is 12.7 Å². The summed E-state index contributed by atoms with van der Waals surface area (Å²) in [4.78, 5) is 0. The molecule has 1 fully saturated rings. The minimum absolute atomic E-state index is 0.329. The lowest BCUT2D eigenvalue weighted by atomic mass is 9.85. The first-order chi connectivity index (χ1) is 6.79. The van der Waals surface area contributed by atoms with Crippen LogP contribution in [-0.4, -0.2) is 57.6 Å². The zero-order chi connectivity index (χ0) is 11.8. The average molecular weight is 220 g/mol.